The first-order chi connectivity index (χ1) is 60.7. The van der Waals surface area contributed by atoms with Gasteiger partial charge < -0.3 is 45.5 Å². The molecule has 0 bridgehead atoms. The van der Waals surface area contributed by atoms with Crippen LogP contribution >= 0.6 is 11.6 Å². The molecule has 5 atom stereocenters. The van der Waals surface area contributed by atoms with Crippen LogP contribution in [0, 0.1) is 0 Å². The number of aliphatic carboxylic acids is 2. The smallest absolute Gasteiger partial charge is 0.408 e. The Labute approximate surface area is 735 Å². The molecule has 31 heteroatoms. The predicted molar refractivity (Wildman–Crippen MR) is 485 cm³/mol. The molecule has 6 aromatic carbocycles. The second-order valence-electron chi connectivity index (χ2n) is 33.2. The fraction of sp³-hybridized carbons (Fsp3) is 0.411. The average Bonchev–Trinajstić information content (AvgIpc) is 0.986. The molecule has 13 aromatic rings. The lowest BCUT2D eigenvalue weighted by Crippen LogP contribution is -2.37. The van der Waals surface area contributed by atoms with Crippen LogP contribution < -0.4 is 33.0 Å². The number of imidazole rings is 2. The minimum Gasteiger partial charge on any atom is -0.481 e. The molecular formula is C95H112ClN17O13. The van der Waals surface area contributed by atoms with Crippen LogP contribution in [0.3, 0.4) is 0 Å². The van der Waals surface area contributed by atoms with E-state index in [0.29, 0.717) is 173 Å². The molecule has 15 rings (SSSR count). The van der Waals surface area contributed by atoms with Crippen molar-refractivity contribution in [1.82, 2.24) is 73.0 Å². The van der Waals surface area contributed by atoms with Crippen LogP contribution in [-0.4, -0.2) is 126 Å². The fourth-order valence-electron chi connectivity index (χ4n) is 15.5. The summed E-state index contributed by atoms with van der Waals surface area (Å²) in [7, 11) is 0. The monoisotopic (exact) mass is 1730 g/mol. The summed E-state index contributed by atoms with van der Waals surface area (Å²) in [5.41, 5.74) is 13.9. The number of para-hydroxylation sites is 3. The van der Waals surface area contributed by atoms with E-state index in [2.05, 4.69) is 40.5 Å². The van der Waals surface area contributed by atoms with Gasteiger partial charge in [-0.25, -0.2) is 49.7 Å². The second-order valence-corrected chi connectivity index (χ2v) is 33.5. The second kappa shape index (κ2) is 43.4. The zero-order valence-corrected chi connectivity index (χ0v) is 73.7. The Morgan fingerprint density at radius 2 is 0.889 bits per heavy atom. The molecule has 662 valence electrons. The van der Waals surface area contributed by atoms with Crippen molar-refractivity contribution >= 4 is 96.5 Å². The van der Waals surface area contributed by atoms with Crippen molar-refractivity contribution in [2.24, 2.45) is 5.73 Å². The highest BCUT2D eigenvalue weighted by Crippen LogP contribution is 2.34. The number of hydrogen-bond acceptors (Lipinski definition) is 22. The molecule has 126 heavy (non-hydrogen) atoms. The number of nitrogens with zero attached hydrogens (tertiary/aromatic N) is 14. The maximum Gasteiger partial charge on any atom is 0.408 e. The van der Waals surface area contributed by atoms with Crippen LogP contribution in [0.25, 0.3) is 72.1 Å². The lowest BCUT2D eigenvalue weighted by Gasteiger charge is -2.25. The van der Waals surface area contributed by atoms with Gasteiger partial charge in [-0.05, 0) is 228 Å². The molecule has 2 saturated heterocycles. The summed E-state index contributed by atoms with van der Waals surface area (Å²) in [6.45, 7) is 18.4. The number of carboxylic acids is 2. The van der Waals surface area contributed by atoms with Crippen LogP contribution in [0.2, 0.25) is 5.15 Å². The summed E-state index contributed by atoms with van der Waals surface area (Å²) >= 11 is 5.94. The minimum atomic E-state index is -0.816. The Hall–Kier alpha value is -12.5. The van der Waals surface area contributed by atoms with Gasteiger partial charge in [0.15, 0.2) is 27.8 Å². The number of ether oxygens (including phenoxy) is 4. The molecule has 6 N–H and O–H groups in total. The third kappa shape index (κ3) is 23.5. The molecular weight excluding hydrogens is 1620 g/mol. The normalized spacial score (nSPS) is 14.8. The van der Waals surface area contributed by atoms with Crippen molar-refractivity contribution in [1.29, 1.82) is 0 Å². The van der Waals surface area contributed by atoms with Crippen LogP contribution in [-0.2, 0) is 52.6 Å². The van der Waals surface area contributed by atoms with Gasteiger partial charge in [-0.3, -0.25) is 51.6 Å². The van der Waals surface area contributed by atoms with E-state index in [0.717, 1.165) is 73.2 Å². The topological polar surface area (TPSA) is 388 Å². The third-order valence-electron chi connectivity index (χ3n) is 21.6. The number of unbranched alkanes of at least 4 members (excludes halogenated alkanes) is 3. The van der Waals surface area contributed by atoms with Gasteiger partial charge >= 0.3 is 24.0 Å². The summed E-state index contributed by atoms with van der Waals surface area (Å²) in [4.78, 5) is 129. The van der Waals surface area contributed by atoms with E-state index in [4.69, 9.17) is 61.4 Å². The Balaban J connectivity index is 0.000000160. The predicted octanol–water partition coefficient (Wildman–Crippen LogP) is 17.8. The number of esters is 1. The van der Waals surface area contributed by atoms with Gasteiger partial charge in [0.1, 0.15) is 59.3 Å². The number of hydrogen-bond donors (Lipinski definition) is 5. The number of anilines is 1. The summed E-state index contributed by atoms with van der Waals surface area (Å²) < 4.78 is 31.3. The van der Waals surface area contributed by atoms with Gasteiger partial charge in [-0.2, -0.15) is 0 Å². The Kier molecular flexibility index (Phi) is 31.9. The van der Waals surface area contributed by atoms with Crippen molar-refractivity contribution in [3.8, 4) is 17.1 Å². The number of aromatic nitrogens is 14. The molecule has 2 unspecified atom stereocenters. The van der Waals surface area contributed by atoms with E-state index in [1.165, 1.54) is 19.1 Å². The standard InChI is InChI=1S/C32H35N7O4.C31H41N3O5.C22H25N3O3.C10H11ClN4O/c1-2-23(36-29-28-31(34-19-33-29)38(20-35-28)25-16-8-9-18-43-25)30-37-24-15-10-12-21(11-6-7-17-26(40)41)27(24)32(42)39(30)22-13-4-3-5-14-22;1-8-23(33-29(37)39-31(5,6)7)27-32-24-19-14-16-21(15-12-13-20-25(35)38-30(2,3)4)26(24)28(36)34(27)22-17-10-9-11-18-22;1-2-17(23)21-24-18-13-8-10-15(9-6-7-14-19(26)27)20(18)22(28)25(21)16-11-4-3-5-12-16;11-9-8-10(13-5-12-9)15(6-14-8)7-3-1-2-4-16-7/h3-5,10,12-15,19-20,23,25H,2,6-9,11,16-18H2,1H3,(H,40,41)(H,33,34,36);9-11,14,16-19,23H,8,12-13,15,20H2,1-7H3,(H,33,37);3-5,8,10-13,17H,2,6-7,9,14,23H2,1H3,(H,26,27);5-7H,1-4H2/t23-,25?;23-;17-;/m000./s1. The SMILES string of the molecule is CC[C@H](N)c1nc2cccc(CCCCC(=O)O)c2c(=O)n1-c1ccccc1.CC[C@H](NC(=O)OC(C)(C)C)c1nc2cccc(CCCCC(=O)OC(C)(C)C)c2c(=O)n1-c1ccccc1.CC[C@H](Nc1ncnc2c1ncn2C1CCCCO1)c1nc2cccc(CCCCC(=O)O)c2c(=O)n1-c1ccccc1.Clc1ncnc2c1ncn2C1CCCCO1. The first-order valence-electron chi connectivity index (χ1n) is 43.4. The molecule has 2 fully saturated rings. The lowest BCUT2D eigenvalue weighted by atomic mass is 10.0. The number of carbonyl (C=O) groups excluding carboxylic acids is 2. The number of amides is 1. The molecule has 0 aliphatic carbocycles. The largest absolute Gasteiger partial charge is 0.481 e. The Morgan fingerprint density at radius 3 is 1.30 bits per heavy atom. The van der Waals surface area contributed by atoms with Crippen molar-refractivity contribution in [3.63, 3.8) is 0 Å². The van der Waals surface area contributed by atoms with Gasteiger partial charge in [0.05, 0.1) is 80.6 Å². The highest BCUT2D eigenvalue weighted by molar-refractivity contribution is 6.33. The van der Waals surface area contributed by atoms with E-state index >= 15 is 0 Å². The highest BCUT2D eigenvalue weighted by Gasteiger charge is 2.30. The van der Waals surface area contributed by atoms with Crippen molar-refractivity contribution in [2.45, 2.75) is 239 Å². The molecule has 0 radical (unpaired) electrons. The molecule has 0 spiro atoms. The van der Waals surface area contributed by atoms with Crippen LogP contribution in [0.5, 0.6) is 0 Å². The van der Waals surface area contributed by atoms with Gasteiger partial charge in [0.2, 0.25) is 0 Å². The summed E-state index contributed by atoms with van der Waals surface area (Å²) in [6.07, 6.45) is 20.2. The van der Waals surface area contributed by atoms with Crippen LogP contribution in [0.4, 0.5) is 10.6 Å². The number of alkyl carbamates (subject to hydrolysis) is 1. The van der Waals surface area contributed by atoms with Crippen molar-refractivity contribution < 1.29 is 48.3 Å². The molecule has 2 aliphatic rings. The fourth-order valence-corrected chi connectivity index (χ4v) is 15.7. The van der Waals surface area contributed by atoms with Crippen molar-refractivity contribution in [3.05, 3.63) is 241 Å². The molecule has 30 nitrogen and oxygen atoms in total. The molecule has 0 saturated carbocycles. The summed E-state index contributed by atoms with van der Waals surface area (Å²) in [5, 5.41) is 26.3. The lowest BCUT2D eigenvalue weighted by molar-refractivity contribution is -0.155. The van der Waals surface area contributed by atoms with Gasteiger partial charge in [-0.15, -0.1) is 0 Å². The molecule has 2 aliphatic heterocycles. The van der Waals surface area contributed by atoms with E-state index in [1.807, 2.05) is 196 Å². The first kappa shape index (κ1) is 92.7. The zero-order valence-electron chi connectivity index (χ0n) is 72.9. The number of nitrogens with one attached hydrogen (secondary N) is 2. The Morgan fingerprint density at radius 1 is 0.484 bits per heavy atom. The van der Waals surface area contributed by atoms with E-state index in [-0.39, 0.29) is 60.0 Å². The maximum atomic E-state index is 14.3. The van der Waals surface area contributed by atoms with Crippen LogP contribution in [0.15, 0.2) is 185 Å². The third-order valence-corrected chi connectivity index (χ3v) is 21.8. The number of carbonyl (C=O) groups is 4. The van der Waals surface area contributed by atoms with E-state index in [9.17, 15) is 33.6 Å². The van der Waals surface area contributed by atoms with Crippen LogP contribution in [0.1, 0.15) is 243 Å². The number of benzene rings is 6. The van der Waals surface area contributed by atoms with E-state index in [1.54, 1.807) is 47.1 Å². The number of aryl methyl sites for hydroxylation is 3. The van der Waals surface area contributed by atoms with E-state index < -0.39 is 35.3 Å². The number of fused-ring (bicyclic) bond motifs is 5. The molecule has 7 aromatic heterocycles. The zero-order chi connectivity index (χ0) is 89.6. The maximum absolute atomic E-state index is 14.3. The number of nitrogens with two attached hydrogens (primary N) is 1. The first-order valence-corrected chi connectivity index (χ1v) is 43.8. The highest BCUT2D eigenvalue weighted by atomic mass is 35.5. The summed E-state index contributed by atoms with van der Waals surface area (Å²) in [5.74, 6) is 0.279. The minimum absolute atomic E-state index is 0.0321. The quantitative estimate of drug-likeness (QED) is 0.0165. The van der Waals surface area contributed by atoms with Gasteiger partial charge in [0, 0.05) is 32.5 Å². The number of carboxylic acid groups (broad SMARTS) is 2. The number of rotatable bonds is 29. The molecule has 9 heterocycles. The summed E-state index contributed by atoms with van der Waals surface area (Å²) in [6, 6.07) is 43.9. The average molecular weight is 1740 g/mol. The Bertz CT molecular complexity index is 6100. The molecule has 1 amide bonds. The number of halogens is 1. The van der Waals surface area contributed by atoms with Gasteiger partial charge in [0.25, 0.3) is 16.7 Å². The van der Waals surface area contributed by atoms with Crippen molar-refractivity contribution in [2.75, 3.05) is 18.5 Å². The van der Waals surface area contributed by atoms with Gasteiger partial charge in [-0.1, -0.05) is 123 Å².